The number of benzene rings is 1. The van der Waals surface area contributed by atoms with Crippen LogP contribution in [0.4, 0.5) is 15.9 Å². The molecule has 0 radical (unpaired) electrons. The minimum Gasteiger partial charge on any atom is -0.478 e. The molecule has 1 saturated heterocycles. The number of nitrogens with one attached hydrogen (secondary N) is 1. The van der Waals surface area contributed by atoms with Crippen molar-refractivity contribution in [2.24, 2.45) is 0 Å². The van der Waals surface area contributed by atoms with Gasteiger partial charge in [-0.2, -0.15) is 0 Å². The molecule has 2 heterocycles. The fraction of sp³-hybridized carbons (Fsp3) is 0.368. The molecule has 1 amide bonds. The average Bonchev–Trinajstić information content (AvgIpc) is 3.16. The van der Waals surface area contributed by atoms with E-state index in [1.54, 1.807) is 24.4 Å². The van der Waals surface area contributed by atoms with Crippen molar-refractivity contribution < 1.29 is 13.9 Å². The Kier molecular flexibility index (Phi) is 5.48. The molecular weight excluding hydrogens is 321 g/mol. The van der Waals surface area contributed by atoms with Crippen LogP contribution in [0.25, 0.3) is 0 Å². The SMILES string of the molecule is CCC(Oc1ccccc1F)C(=O)Nc1cccnc1N1CCCC1. The van der Waals surface area contributed by atoms with Crippen molar-refractivity contribution in [3.05, 3.63) is 48.4 Å². The quantitative estimate of drug-likeness (QED) is 0.870. The summed E-state index contributed by atoms with van der Waals surface area (Å²) in [5.74, 6) is 0.0663. The van der Waals surface area contributed by atoms with Crippen LogP contribution >= 0.6 is 0 Å². The first kappa shape index (κ1) is 17.2. The molecule has 1 fully saturated rings. The lowest BCUT2D eigenvalue weighted by Crippen LogP contribution is -2.33. The molecule has 132 valence electrons. The number of hydrogen-bond donors (Lipinski definition) is 1. The normalized spacial score (nSPS) is 15.0. The second kappa shape index (κ2) is 7.96. The molecule has 1 aliphatic heterocycles. The lowest BCUT2D eigenvalue weighted by molar-refractivity contribution is -0.122. The second-order valence-corrected chi connectivity index (χ2v) is 6.00. The highest BCUT2D eigenvalue weighted by molar-refractivity contribution is 5.96. The van der Waals surface area contributed by atoms with Gasteiger partial charge in [-0.1, -0.05) is 19.1 Å². The molecule has 5 nitrogen and oxygen atoms in total. The van der Waals surface area contributed by atoms with Gasteiger partial charge in [0.25, 0.3) is 5.91 Å². The molecule has 0 spiro atoms. The van der Waals surface area contributed by atoms with Crippen molar-refractivity contribution in [3.8, 4) is 5.75 Å². The number of halogens is 1. The first-order valence-electron chi connectivity index (χ1n) is 8.61. The number of anilines is 2. The monoisotopic (exact) mass is 343 g/mol. The zero-order valence-electron chi connectivity index (χ0n) is 14.2. The van der Waals surface area contributed by atoms with Crippen LogP contribution < -0.4 is 15.0 Å². The minimum atomic E-state index is -0.775. The lowest BCUT2D eigenvalue weighted by atomic mass is 10.2. The molecule has 25 heavy (non-hydrogen) atoms. The van der Waals surface area contributed by atoms with Crippen LogP contribution in [0.15, 0.2) is 42.6 Å². The van der Waals surface area contributed by atoms with E-state index >= 15 is 0 Å². The highest BCUT2D eigenvalue weighted by Gasteiger charge is 2.23. The molecule has 0 aliphatic carbocycles. The Balaban J connectivity index is 1.73. The summed E-state index contributed by atoms with van der Waals surface area (Å²) in [4.78, 5) is 19.2. The van der Waals surface area contributed by atoms with Crippen LogP contribution in [0.5, 0.6) is 5.75 Å². The van der Waals surface area contributed by atoms with Crippen molar-refractivity contribution in [2.75, 3.05) is 23.3 Å². The van der Waals surface area contributed by atoms with Crippen LogP contribution in [0.2, 0.25) is 0 Å². The van der Waals surface area contributed by atoms with E-state index in [1.807, 2.05) is 13.0 Å². The van der Waals surface area contributed by atoms with Gasteiger partial charge in [0.05, 0.1) is 5.69 Å². The third-order valence-electron chi connectivity index (χ3n) is 4.22. The maximum atomic E-state index is 13.8. The van der Waals surface area contributed by atoms with E-state index in [0.717, 1.165) is 31.7 Å². The number of aromatic nitrogens is 1. The topological polar surface area (TPSA) is 54.5 Å². The number of amides is 1. The zero-order chi connectivity index (χ0) is 17.6. The molecule has 1 atom stereocenters. The number of hydrogen-bond acceptors (Lipinski definition) is 4. The van der Waals surface area contributed by atoms with Gasteiger partial charge in [-0.05, 0) is 43.5 Å². The Bertz CT molecular complexity index is 732. The number of carbonyl (C=O) groups excluding carboxylic acids is 1. The van der Waals surface area contributed by atoms with Crippen molar-refractivity contribution in [1.29, 1.82) is 0 Å². The van der Waals surface area contributed by atoms with E-state index in [2.05, 4.69) is 15.2 Å². The standard InChI is InChI=1S/C19H22FN3O2/c1-2-16(25-17-10-4-3-8-14(17)20)19(24)22-15-9-7-11-21-18(15)23-12-5-6-13-23/h3-4,7-11,16H,2,5-6,12-13H2,1H3,(H,22,24). The summed E-state index contributed by atoms with van der Waals surface area (Å²) in [6.45, 7) is 3.70. The molecule has 3 rings (SSSR count). The summed E-state index contributed by atoms with van der Waals surface area (Å²) in [5, 5.41) is 2.89. The van der Waals surface area contributed by atoms with Crippen LogP contribution in [0.1, 0.15) is 26.2 Å². The first-order valence-corrected chi connectivity index (χ1v) is 8.61. The predicted molar refractivity (Wildman–Crippen MR) is 95.4 cm³/mol. The number of pyridine rings is 1. The summed E-state index contributed by atoms with van der Waals surface area (Å²) in [6.07, 6.45) is 3.62. The van der Waals surface area contributed by atoms with Crippen molar-refractivity contribution in [2.45, 2.75) is 32.3 Å². The van der Waals surface area contributed by atoms with E-state index in [4.69, 9.17) is 4.74 Å². The molecule has 1 aromatic carbocycles. The third kappa shape index (κ3) is 4.07. The number of para-hydroxylation sites is 1. The third-order valence-corrected chi connectivity index (χ3v) is 4.22. The molecule has 2 aromatic rings. The number of rotatable bonds is 6. The van der Waals surface area contributed by atoms with Crippen molar-refractivity contribution in [3.63, 3.8) is 0 Å². The Morgan fingerprint density at radius 2 is 2.04 bits per heavy atom. The Labute approximate surface area is 146 Å². The van der Waals surface area contributed by atoms with Crippen molar-refractivity contribution in [1.82, 2.24) is 4.98 Å². The molecule has 0 saturated carbocycles. The van der Waals surface area contributed by atoms with Gasteiger partial charge >= 0.3 is 0 Å². The predicted octanol–water partition coefficient (Wildman–Crippen LogP) is 3.62. The maximum Gasteiger partial charge on any atom is 0.265 e. The number of ether oxygens (including phenoxy) is 1. The smallest absolute Gasteiger partial charge is 0.265 e. The molecule has 1 aromatic heterocycles. The highest BCUT2D eigenvalue weighted by Crippen LogP contribution is 2.27. The molecule has 6 heteroatoms. The van der Waals surface area contributed by atoms with E-state index < -0.39 is 11.9 Å². The zero-order valence-corrected chi connectivity index (χ0v) is 14.2. The average molecular weight is 343 g/mol. The highest BCUT2D eigenvalue weighted by atomic mass is 19.1. The van der Waals surface area contributed by atoms with Gasteiger partial charge in [-0.25, -0.2) is 9.37 Å². The van der Waals surface area contributed by atoms with Gasteiger partial charge in [-0.3, -0.25) is 4.79 Å². The summed E-state index contributed by atoms with van der Waals surface area (Å²) in [5.41, 5.74) is 0.657. The van der Waals surface area contributed by atoms with Gasteiger partial charge in [0.1, 0.15) is 0 Å². The molecule has 0 bridgehead atoms. The van der Waals surface area contributed by atoms with Gasteiger partial charge in [0.2, 0.25) is 0 Å². The Hall–Kier alpha value is -2.63. The molecule has 1 aliphatic rings. The van der Waals surface area contributed by atoms with E-state index in [9.17, 15) is 9.18 Å². The Morgan fingerprint density at radius 3 is 2.76 bits per heavy atom. The van der Waals surface area contributed by atoms with Gasteiger partial charge < -0.3 is 15.0 Å². The number of nitrogens with zero attached hydrogens (tertiary/aromatic N) is 2. The fourth-order valence-electron chi connectivity index (χ4n) is 2.90. The molecule has 1 N–H and O–H groups in total. The lowest BCUT2D eigenvalue weighted by Gasteiger charge is -2.22. The van der Waals surface area contributed by atoms with Crippen LogP contribution in [-0.2, 0) is 4.79 Å². The summed E-state index contributed by atoms with van der Waals surface area (Å²) in [6, 6.07) is 9.70. The Morgan fingerprint density at radius 1 is 1.28 bits per heavy atom. The molecule has 1 unspecified atom stereocenters. The van der Waals surface area contributed by atoms with E-state index in [1.165, 1.54) is 12.1 Å². The fourth-order valence-corrected chi connectivity index (χ4v) is 2.90. The summed E-state index contributed by atoms with van der Waals surface area (Å²) < 4.78 is 19.3. The summed E-state index contributed by atoms with van der Waals surface area (Å²) >= 11 is 0. The first-order chi connectivity index (χ1) is 12.2. The number of carbonyl (C=O) groups is 1. The minimum absolute atomic E-state index is 0.0791. The van der Waals surface area contributed by atoms with Gasteiger partial charge in [0.15, 0.2) is 23.5 Å². The maximum absolute atomic E-state index is 13.8. The van der Waals surface area contributed by atoms with E-state index in [0.29, 0.717) is 12.1 Å². The summed E-state index contributed by atoms with van der Waals surface area (Å²) in [7, 11) is 0. The van der Waals surface area contributed by atoms with Crippen LogP contribution in [-0.4, -0.2) is 30.1 Å². The van der Waals surface area contributed by atoms with Gasteiger partial charge in [0, 0.05) is 19.3 Å². The van der Waals surface area contributed by atoms with Crippen LogP contribution in [0.3, 0.4) is 0 Å². The molecular formula is C19H22FN3O2. The second-order valence-electron chi connectivity index (χ2n) is 6.00. The van der Waals surface area contributed by atoms with Gasteiger partial charge in [-0.15, -0.1) is 0 Å². The largest absolute Gasteiger partial charge is 0.478 e. The van der Waals surface area contributed by atoms with Crippen LogP contribution in [0, 0.1) is 5.82 Å². The van der Waals surface area contributed by atoms with Crippen molar-refractivity contribution >= 4 is 17.4 Å². The van der Waals surface area contributed by atoms with E-state index in [-0.39, 0.29) is 11.7 Å².